The van der Waals surface area contributed by atoms with E-state index in [-0.39, 0.29) is 5.91 Å². The molecular weight excluding hydrogens is 366 g/mol. The van der Waals surface area contributed by atoms with Crippen molar-refractivity contribution in [3.63, 3.8) is 0 Å². The van der Waals surface area contributed by atoms with Gasteiger partial charge in [-0.05, 0) is 62.9 Å². The summed E-state index contributed by atoms with van der Waals surface area (Å²) in [5.74, 6) is -1.81. The Kier molecular flexibility index (Phi) is 4.92. The lowest BCUT2D eigenvalue weighted by Gasteiger charge is -2.10. The second-order valence-electron chi connectivity index (χ2n) is 7.51. The monoisotopic (exact) mass is 389 g/mol. The third-order valence-electron chi connectivity index (χ3n) is 5.44. The van der Waals surface area contributed by atoms with E-state index in [0.29, 0.717) is 16.9 Å². The van der Waals surface area contributed by atoms with E-state index in [2.05, 4.69) is 10.4 Å². The number of carboxylic acids is 1. The zero-order chi connectivity index (χ0) is 20.5. The summed E-state index contributed by atoms with van der Waals surface area (Å²) in [6.07, 6.45) is 2.74. The Morgan fingerprint density at radius 1 is 1.14 bits per heavy atom. The molecule has 0 spiro atoms. The minimum atomic E-state index is -0.900. The maximum absolute atomic E-state index is 13.0. The Balaban J connectivity index is 1.63. The van der Waals surface area contributed by atoms with Gasteiger partial charge < -0.3 is 10.4 Å². The summed E-state index contributed by atoms with van der Waals surface area (Å²) in [7, 11) is 0. The van der Waals surface area contributed by atoms with Gasteiger partial charge in [0.05, 0.1) is 11.6 Å². The highest BCUT2D eigenvalue weighted by atomic mass is 16.4. The Morgan fingerprint density at radius 3 is 2.62 bits per heavy atom. The molecule has 1 aromatic heterocycles. The molecule has 0 bridgehead atoms. The lowest BCUT2D eigenvalue weighted by atomic mass is 10.0. The first kappa shape index (κ1) is 18.9. The SMILES string of the molecule is Cc1ccc(-n2nc(C(=O)Nc3cccc(C(C)C(=O)O)c3)c3c2CCC3)cc1. The molecule has 1 atom stereocenters. The van der Waals surface area contributed by atoms with E-state index in [0.717, 1.165) is 36.2 Å². The summed E-state index contributed by atoms with van der Waals surface area (Å²) >= 11 is 0. The smallest absolute Gasteiger partial charge is 0.310 e. The number of carboxylic acid groups (broad SMARTS) is 1. The molecule has 6 nitrogen and oxygen atoms in total. The third-order valence-corrected chi connectivity index (χ3v) is 5.44. The minimum absolute atomic E-state index is 0.269. The number of aryl methyl sites for hydroxylation is 1. The Morgan fingerprint density at radius 2 is 1.90 bits per heavy atom. The molecule has 148 valence electrons. The molecule has 2 N–H and O–H groups in total. The van der Waals surface area contributed by atoms with Crippen LogP contribution in [0.25, 0.3) is 5.69 Å². The molecule has 1 aliphatic carbocycles. The van der Waals surface area contributed by atoms with E-state index in [1.54, 1.807) is 31.2 Å². The van der Waals surface area contributed by atoms with Crippen molar-refractivity contribution in [3.8, 4) is 5.69 Å². The van der Waals surface area contributed by atoms with E-state index in [1.807, 2.05) is 35.9 Å². The lowest BCUT2D eigenvalue weighted by molar-refractivity contribution is -0.138. The van der Waals surface area contributed by atoms with Crippen molar-refractivity contribution in [1.29, 1.82) is 0 Å². The quantitative estimate of drug-likeness (QED) is 0.688. The number of aliphatic carboxylic acids is 1. The van der Waals surface area contributed by atoms with Gasteiger partial charge in [-0.15, -0.1) is 0 Å². The highest BCUT2D eigenvalue weighted by Gasteiger charge is 2.27. The van der Waals surface area contributed by atoms with Crippen molar-refractivity contribution in [1.82, 2.24) is 9.78 Å². The van der Waals surface area contributed by atoms with Crippen molar-refractivity contribution in [3.05, 3.63) is 76.6 Å². The molecule has 0 saturated carbocycles. The average molecular weight is 389 g/mol. The summed E-state index contributed by atoms with van der Waals surface area (Å²) in [6, 6.07) is 15.1. The number of hydrogen-bond acceptors (Lipinski definition) is 3. The molecule has 0 radical (unpaired) electrons. The maximum Gasteiger partial charge on any atom is 0.310 e. The topological polar surface area (TPSA) is 84.2 Å². The zero-order valence-corrected chi connectivity index (χ0v) is 16.5. The Labute approximate surface area is 169 Å². The van der Waals surface area contributed by atoms with Crippen LogP contribution < -0.4 is 5.32 Å². The van der Waals surface area contributed by atoms with Crippen molar-refractivity contribution in [2.75, 3.05) is 5.32 Å². The van der Waals surface area contributed by atoms with Crippen LogP contribution in [0.3, 0.4) is 0 Å². The van der Waals surface area contributed by atoms with E-state index in [1.165, 1.54) is 5.56 Å². The van der Waals surface area contributed by atoms with Crippen LogP contribution in [0.15, 0.2) is 48.5 Å². The number of amides is 1. The summed E-state index contributed by atoms with van der Waals surface area (Å²) in [5, 5.41) is 16.7. The van der Waals surface area contributed by atoms with Crippen LogP contribution in [-0.4, -0.2) is 26.8 Å². The maximum atomic E-state index is 13.0. The molecule has 0 aliphatic heterocycles. The van der Waals surface area contributed by atoms with Crippen molar-refractivity contribution < 1.29 is 14.7 Å². The molecular formula is C23H23N3O3. The molecule has 0 fully saturated rings. The molecule has 3 aromatic rings. The first-order valence-corrected chi connectivity index (χ1v) is 9.76. The first-order valence-electron chi connectivity index (χ1n) is 9.76. The summed E-state index contributed by atoms with van der Waals surface area (Å²) in [4.78, 5) is 24.2. The standard InChI is InChI=1S/C23H23N3O3/c1-14-9-11-18(12-10-14)26-20-8-4-7-19(20)21(25-26)22(27)24-17-6-3-5-16(13-17)15(2)23(28)29/h3,5-6,9-13,15H,4,7-8H2,1-2H3,(H,24,27)(H,28,29). The van der Waals surface area contributed by atoms with Gasteiger partial charge in [0.1, 0.15) is 0 Å². The number of rotatable bonds is 5. The number of fused-ring (bicyclic) bond motifs is 1. The average Bonchev–Trinajstić information content (AvgIpc) is 3.31. The van der Waals surface area contributed by atoms with Gasteiger partial charge in [-0.25, -0.2) is 4.68 Å². The van der Waals surface area contributed by atoms with E-state index in [4.69, 9.17) is 0 Å². The fourth-order valence-electron chi connectivity index (χ4n) is 3.74. The van der Waals surface area contributed by atoms with E-state index in [9.17, 15) is 14.7 Å². The van der Waals surface area contributed by atoms with Crippen molar-refractivity contribution in [2.45, 2.75) is 39.0 Å². The van der Waals surface area contributed by atoms with Crippen LogP contribution in [0.4, 0.5) is 5.69 Å². The van der Waals surface area contributed by atoms with Gasteiger partial charge in [-0.2, -0.15) is 5.10 Å². The fourth-order valence-corrected chi connectivity index (χ4v) is 3.74. The molecule has 0 saturated heterocycles. The second kappa shape index (κ2) is 7.54. The van der Waals surface area contributed by atoms with Gasteiger partial charge in [0, 0.05) is 16.9 Å². The number of nitrogens with zero attached hydrogens (tertiary/aromatic N) is 2. The predicted molar refractivity (Wildman–Crippen MR) is 111 cm³/mol. The predicted octanol–water partition coefficient (Wildman–Crippen LogP) is 4.11. The number of carbonyl (C=O) groups is 2. The molecule has 29 heavy (non-hydrogen) atoms. The molecule has 1 aliphatic rings. The largest absolute Gasteiger partial charge is 0.481 e. The number of aromatic nitrogens is 2. The van der Waals surface area contributed by atoms with Crippen LogP contribution in [0, 0.1) is 6.92 Å². The summed E-state index contributed by atoms with van der Waals surface area (Å²) < 4.78 is 1.87. The van der Waals surface area contributed by atoms with Gasteiger partial charge in [0.15, 0.2) is 5.69 Å². The van der Waals surface area contributed by atoms with E-state index < -0.39 is 11.9 Å². The number of carbonyl (C=O) groups excluding carboxylic acids is 1. The number of benzene rings is 2. The van der Waals surface area contributed by atoms with Gasteiger partial charge in [-0.1, -0.05) is 29.8 Å². The van der Waals surface area contributed by atoms with Crippen LogP contribution in [0.5, 0.6) is 0 Å². The van der Waals surface area contributed by atoms with Gasteiger partial charge in [0.2, 0.25) is 0 Å². The Bertz CT molecular complexity index is 1080. The number of hydrogen-bond donors (Lipinski definition) is 2. The fraction of sp³-hybridized carbons (Fsp3) is 0.261. The zero-order valence-electron chi connectivity index (χ0n) is 16.5. The lowest BCUT2D eigenvalue weighted by Crippen LogP contribution is -2.15. The van der Waals surface area contributed by atoms with Crippen LogP contribution in [0.2, 0.25) is 0 Å². The first-order chi connectivity index (χ1) is 13.9. The van der Waals surface area contributed by atoms with Crippen LogP contribution >= 0.6 is 0 Å². The van der Waals surface area contributed by atoms with Gasteiger partial charge in [0.25, 0.3) is 5.91 Å². The van der Waals surface area contributed by atoms with Gasteiger partial charge >= 0.3 is 5.97 Å². The molecule has 1 unspecified atom stereocenters. The molecule has 4 rings (SSSR count). The van der Waals surface area contributed by atoms with Gasteiger partial charge in [-0.3, -0.25) is 9.59 Å². The molecule has 1 heterocycles. The van der Waals surface area contributed by atoms with Crippen molar-refractivity contribution >= 4 is 17.6 Å². The molecule has 2 aromatic carbocycles. The number of nitrogens with one attached hydrogen (secondary N) is 1. The summed E-state index contributed by atoms with van der Waals surface area (Å²) in [6.45, 7) is 3.66. The second-order valence-corrected chi connectivity index (χ2v) is 7.51. The molecule has 6 heteroatoms. The van der Waals surface area contributed by atoms with Crippen LogP contribution in [0.1, 0.15) is 52.1 Å². The van der Waals surface area contributed by atoms with E-state index >= 15 is 0 Å². The normalized spacial score (nSPS) is 13.7. The highest BCUT2D eigenvalue weighted by molar-refractivity contribution is 6.04. The summed E-state index contributed by atoms with van der Waals surface area (Å²) in [5.41, 5.74) is 5.86. The highest BCUT2D eigenvalue weighted by Crippen LogP contribution is 2.29. The Hall–Kier alpha value is -3.41. The van der Waals surface area contributed by atoms with Crippen molar-refractivity contribution in [2.24, 2.45) is 0 Å². The third kappa shape index (κ3) is 3.66. The number of anilines is 1. The minimum Gasteiger partial charge on any atom is -0.481 e. The van der Waals surface area contributed by atoms with Crippen LogP contribution in [-0.2, 0) is 17.6 Å². The molecule has 1 amide bonds.